The van der Waals surface area contributed by atoms with Gasteiger partial charge in [-0.3, -0.25) is 0 Å². The lowest BCUT2D eigenvalue weighted by atomic mass is 9.85. The molecule has 7 heteroatoms. The second-order valence-corrected chi connectivity index (χ2v) is 6.63. The summed E-state index contributed by atoms with van der Waals surface area (Å²) in [5.41, 5.74) is -1.13. The van der Waals surface area contributed by atoms with Gasteiger partial charge in [-0.05, 0) is 34.6 Å². The smallest absolute Gasteiger partial charge is 0.339 e. The molecule has 22 heavy (non-hydrogen) atoms. The molecule has 0 radical (unpaired) electrons. The summed E-state index contributed by atoms with van der Waals surface area (Å²) in [5, 5.41) is 1.68. The highest BCUT2D eigenvalue weighted by Gasteiger charge is 2.67. The summed E-state index contributed by atoms with van der Waals surface area (Å²) in [6.07, 6.45) is 1.05. The molecule has 0 bridgehead atoms. The van der Waals surface area contributed by atoms with Crippen molar-refractivity contribution in [2.75, 3.05) is 19.8 Å². The number of nitrogens with zero attached hydrogens (tertiary/aromatic N) is 1. The molecule has 3 aliphatic rings. The third-order valence-corrected chi connectivity index (χ3v) is 4.28. The molecule has 0 aliphatic carbocycles. The molecule has 3 aliphatic heterocycles. The van der Waals surface area contributed by atoms with Crippen LogP contribution in [0.2, 0.25) is 0 Å². The Labute approximate surface area is 130 Å². The van der Waals surface area contributed by atoms with Crippen molar-refractivity contribution < 1.29 is 28.6 Å². The van der Waals surface area contributed by atoms with Crippen LogP contribution in [0.25, 0.3) is 0 Å². The van der Waals surface area contributed by atoms with E-state index in [1.54, 1.807) is 12.0 Å². The number of rotatable bonds is 3. The van der Waals surface area contributed by atoms with Gasteiger partial charge in [-0.1, -0.05) is 5.06 Å². The average molecular weight is 313 g/mol. The molecule has 0 aromatic heterocycles. The van der Waals surface area contributed by atoms with Gasteiger partial charge in [0.05, 0.1) is 19.8 Å². The summed E-state index contributed by atoms with van der Waals surface area (Å²) >= 11 is 0. The van der Waals surface area contributed by atoms with Crippen molar-refractivity contribution in [1.82, 2.24) is 5.06 Å². The number of hydrogen-bond acceptors (Lipinski definition) is 7. The second-order valence-electron chi connectivity index (χ2n) is 6.63. The quantitative estimate of drug-likeness (QED) is 0.728. The summed E-state index contributed by atoms with van der Waals surface area (Å²) in [5.74, 6) is -1.13. The van der Waals surface area contributed by atoms with E-state index in [0.29, 0.717) is 18.8 Å². The van der Waals surface area contributed by atoms with Crippen LogP contribution in [0, 0.1) is 0 Å². The second kappa shape index (κ2) is 4.92. The average Bonchev–Trinajstić information content (AvgIpc) is 3.04. The van der Waals surface area contributed by atoms with Crippen molar-refractivity contribution in [2.45, 2.75) is 57.8 Å². The lowest BCUT2D eigenvalue weighted by molar-refractivity contribution is -0.241. The molecule has 2 atom stereocenters. The van der Waals surface area contributed by atoms with E-state index < -0.39 is 23.0 Å². The van der Waals surface area contributed by atoms with E-state index in [4.69, 9.17) is 23.8 Å². The van der Waals surface area contributed by atoms with Crippen LogP contribution in [0.1, 0.15) is 34.6 Å². The van der Waals surface area contributed by atoms with Gasteiger partial charge in [0.15, 0.2) is 5.79 Å². The third kappa shape index (κ3) is 2.15. The highest BCUT2D eigenvalue weighted by molar-refractivity contribution is 5.91. The molecular weight excluding hydrogens is 290 g/mol. The number of fused-ring (bicyclic) bond motifs is 1. The molecule has 2 saturated heterocycles. The zero-order valence-electron chi connectivity index (χ0n) is 13.7. The molecule has 0 amide bonds. The molecule has 0 N–H and O–H groups in total. The van der Waals surface area contributed by atoms with Gasteiger partial charge in [-0.2, -0.15) is 0 Å². The maximum Gasteiger partial charge on any atom is 0.339 e. The number of esters is 1. The highest BCUT2D eigenvalue weighted by Crippen LogP contribution is 2.49. The predicted molar refractivity (Wildman–Crippen MR) is 75.3 cm³/mol. The predicted octanol–water partition coefficient (Wildman–Crippen LogP) is 1.34. The minimum atomic E-state index is -0.858. The van der Waals surface area contributed by atoms with Crippen molar-refractivity contribution >= 4 is 5.97 Å². The van der Waals surface area contributed by atoms with E-state index in [1.165, 1.54) is 6.26 Å². The normalized spacial score (nSPS) is 35.9. The molecule has 3 heterocycles. The number of hydroxylamine groups is 2. The van der Waals surface area contributed by atoms with Crippen molar-refractivity contribution in [3.8, 4) is 0 Å². The molecule has 0 aromatic carbocycles. The molecule has 0 spiro atoms. The number of carbonyl (C=O) groups is 1. The molecule has 0 saturated carbocycles. The van der Waals surface area contributed by atoms with Crippen LogP contribution in [0.3, 0.4) is 0 Å². The standard InChI is InChI=1S/C15H23NO6/c1-6-18-12(17)10-7-21-16-13(2,3)20-9-15(10,16)11-8-19-14(4,5)22-11/h7,11H,6,8-9H2,1-5H3/t11-,15-/m0/s1. The first-order chi connectivity index (χ1) is 10.2. The van der Waals surface area contributed by atoms with Crippen LogP contribution >= 0.6 is 0 Å². The van der Waals surface area contributed by atoms with Gasteiger partial charge in [0.1, 0.15) is 29.2 Å². The zero-order valence-corrected chi connectivity index (χ0v) is 13.7. The topological polar surface area (TPSA) is 66.5 Å². The van der Waals surface area contributed by atoms with Gasteiger partial charge >= 0.3 is 5.97 Å². The Morgan fingerprint density at radius 3 is 2.68 bits per heavy atom. The molecular formula is C15H23NO6. The minimum Gasteiger partial charge on any atom is -0.462 e. The van der Waals surface area contributed by atoms with E-state index >= 15 is 0 Å². The fraction of sp³-hybridized carbons (Fsp3) is 0.800. The Morgan fingerprint density at radius 2 is 2.09 bits per heavy atom. The maximum absolute atomic E-state index is 12.4. The van der Waals surface area contributed by atoms with Crippen molar-refractivity contribution in [2.24, 2.45) is 0 Å². The van der Waals surface area contributed by atoms with Gasteiger partial charge in [-0.15, -0.1) is 0 Å². The first kappa shape index (κ1) is 15.7. The van der Waals surface area contributed by atoms with Crippen LogP contribution in [0.5, 0.6) is 0 Å². The SMILES string of the molecule is CCOC(=O)C1=CON2C(C)(C)OC[C@@]12[C@@H]1COC(C)(C)O1. The van der Waals surface area contributed by atoms with E-state index in [2.05, 4.69) is 0 Å². The first-order valence-electron chi connectivity index (χ1n) is 7.53. The summed E-state index contributed by atoms with van der Waals surface area (Å²) < 4.78 is 22.7. The van der Waals surface area contributed by atoms with Crippen molar-refractivity contribution in [1.29, 1.82) is 0 Å². The number of hydrogen-bond donors (Lipinski definition) is 0. The Bertz CT molecular complexity index is 514. The van der Waals surface area contributed by atoms with E-state index in [0.717, 1.165) is 0 Å². The zero-order chi connectivity index (χ0) is 16.2. The molecule has 3 rings (SSSR count). The van der Waals surface area contributed by atoms with Crippen LogP contribution in [0.15, 0.2) is 11.8 Å². The molecule has 0 aromatic rings. The highest BCUT2D eigenvalue weighted by atomic mass is 16.8. The summed E-state index contributed by atoms with van der Waals surface area (Å²) in [6.45, 7) is 10.2. The monoisotopic (exact) mass is 313 g/mol. The maximum atomic E-state index is 12.4. The molecule has 0 unspecified atom stereocenters. The van der Waals surface area contributed by atoms with Gasteiger partial charge < -0.3 is 23.8 Å². The van der Waals surface area contributed by atoms with Gasteiger partial charge in [0.2, 0.25) is 0 Å². The van der Waals surface area contributed by atoms with E-state index in [9.17, 15) is 4.79 Å². The van der Waals surface area contributed by atoms with E-state index in [1.807, 2.05) is 27.7 Å². The fourth-order valence-electron chi connectivity index (χ4n) is 3.25. The van der Waals surface area contributed by atoms with E-state index in [-0.39, 0.29) is 12.7 Å². The fourth-order valence-corrected chi connectivity index (χ4v) is 3.25. The van der Waals surface area contributed by atoms with Crippen molar-refractivity contribution in [3.05, 3.63) is 11.8 Å². The lowest BCUT2D eigenvalue weighted by Crippen LogP contribution is -2.59. The van der Waals surface area contributed by atoms with Crippen LogP contribution < -0.4 is 0 Å². The first-order valence-corrected chi connectivity index (χ1v) is 7.53. The molecule has 7 nitrogen and oxygen atoms in total. The van der Waals surface area contributed by atoms with Gasteiger partial charge in [0.25, 0.3) is 0 Å². The minimum absolute atomic E-state index is 0.273. The number of carbonyl (C=O) groups excluding carboxylic acids is 1. The van der Waals surface area contributed by atoms with Crippen LogP contribution in [-0.2, 0) is 28.6 Å². The Kier molecular flexibility index (Phi) is 3.52. The van der Waals surface area contributed by atoms with Gasteiger partial charge in [0, 0.05) is 0 Å². The lowest BCUT2D eigenvalue weighted by Gasteiger charge is -2.37. The van der Waals surface area contributed by atoms with Gasteiger partial charge in [-0.25, -0.2) is 4.79 Å². The molecule has 124 valence electrons. The van der Waals surface area contributed by atoms with Crippen LogP contribution in [0.4, 0.5) is 0 Å². The van der Waals surface area contributed by atoms with Crippen molar-refractivity contribution in [3.63, 3.8) is 0 Å². The summed E-state index contributed by atoms with van der Waals surface area (Å²) in [7, 11) is 0. The Morgan fingerprint density at radius 1 is 1.36 bits per heavy atom. The Balaban J connectivity index is 1.98. The summed E-state index contributed by atoms with van der Waals surface area (Å²) in [6, 6.07) is 0. The molecule has 2 fully saturated rings. The Hall–Kier alpha value is -1.15. The largest absolute Gasteiger partial charge is 0.462 e. The summed E-state index contributed by atoms with van der Waals surface area (Å²) in [4.78, 5) is 18.0. The third-order valence-electron chi connectivity index (χ3n) is 4.28. The van der Waals surface area contributed by atoms with Crippen LogP contribution in [-0.4, -0.2) is 54.0 Å². The number of ether oxygens (including phenoxy) is 4.